The number of hydrogen-bond acceptors (Lipinski definition) is 2. The van der Waals surface area contributed by atoms with E-state index in [4.69, 9.17) is 0 Å². The van der Waals surface area contributed by atoms with Crippen molar-refractivity contribution < 1.29 is 9.90 Å². The average Bonchev–Trinajstić information content (AvgIpc) is 2.36. The van der Waals surface area contributed by atoms with Gasteiger partial charge in [-0.1, -0.05) is 45.0 Å². The van der Waals surface area contributed by atoms with Gasteiger partial charge in [-0.05, 0) is 29.9 Å². The maximum absolute atomic E-state index is 11.8. The summed E-state index contributed by atoms with van der Waals surface area (Å²) >= 11 is 0. The van der Waals surface area contributed by atoms with Crippen LogP contribution in [0.2, 0.25) is 0 Å². The predicted octanol–water partition coefficient (Wildman–Crippen LogP) is 2.31. The zero-order valence-electron chi connectivity index (χ0n) is 12.1. The Kier molecular flexibility index (Phi) is 6.57. The van der Waals surface area contributed by atoms with Crippen LogP contribution in [0.25, 0.3) is 0 Å². The van der Waals surface area contributed by atoms with Crippen LogP contribution in [0.1, 0.15) is 38.3 Å². The first-order valence-electron chi connectivity index (χ1n) is 7.03. The van der Waals surface area contributed by atoms with E-state index < -0.39 is 6.10 Å². The smallest absolute Gasteiger partial charge is 0.224 e. The third-order valence-electron chi connectivity index (χ3n) is 3.04. The molecule has 0 saturated carbocycles. The molecule has 2 N–H and O–H groups in total. The number of aliphatic hydroxyl groups excluding tert-OH is 1. The summed E-state index contributed by atoms with van der Waals surface area (Å²) in [6, 6.07) is 8.07. The summed E-state index contributed by atoms with van der Waals surface area (Å²) in [5.74, 6) is 0.407. The molecule has 1 atom stereocenters. The van der Waals surface area contributed by atoms with Crippen molar-refractivity contribution >= 4 is 5.91 Å². The Bertz CT molecular complexity index is 401. The summed E-state index contributed by atoms with van der Waals surface area (Å²) in [6.07, 6.45) is 1.61. The number of amides is 1. The number of carbonyl (C=O) groups is 1. The topological polar surface area (TPSA) is 49.3 Å². The van der Waals surface area contributed by atoms with Gasteiger partial charge in [-0.25, -0.2) is 0 Å². The predicted molar refractivity (Wildman–Crippen MR) is 78.0 cm³/mol. The lowest BCUT2D eigenvalue weighted by molar-refractivity contribution is -0.120. The molecule has 0 aliphatic carbocycles. The van der Waals surface area contributed by atoms with Crippen molar-refractivity contribution in [2.75, 3.05) is 6.54 Å². The molecule has 1 rings (SSSR count). The average molecular weight is 263 g/mol. The molecular formula is C16H25NO2. The number of rotatable bonds is 7. The number of aliphatic hydroxyl groups is 1. The van der Waals surface area contributed by atoms with Crippen LogP contribution in [0.5, 0.6) is 0 Å². The molecule has 1 unspecified atom stereocenters. The number of aryl methyl sites for hydroxylation is 1. The summed E-state index contributed by atoms with van der Waals surface area (Å²) in [7, 11) is 0. The normalized spacial score (nSPS) is 12.5. The molecule has 0 aliphatic rings. The second kappa shape index (κ2) is 7.95. The molecule has 106 valence electrons. The largest absolute Gasteiger partial charge is 0.391 e. The molecule has 0 heterocycles. The molecule has 1 amide bonds. The third kappa shape index (κ3) is 6.39. The Morgan fingerprint density at radius 2 is 2.00 bits per heavy atom. The Balaban J connectivity index is 2.38. The summed E-state index contributed by atoms with van der Waals surface area (Å²) in [5.41, 5.74) is 2.26. The van der Waals surface area contributed by atoms with Gasteiger partial charge in [0.1, 0.15) is 0 Å². The molecule has 19 heavy (non-hydrogen) atoms. The van der Waals surface area contributed by atoms with Crippen molar-refractivity contribution in [2.45, 2.75) is 46.1 Å². The van der Waals surface area contributed by atoms with E-state index in [1.54, 1.807) is 0 Å². The second-order valence-corrected chi connectivity index (χ2v) is 5.44. The molecule has 0 bridgehead atoms. The fourth-order valence-corrected chi connectivity index (χ4v) is 2.07. The zero-order chi connectivity index (χ0) is 14.3. The standard InChI is InChI=1S/C16H25NO2/c1-4-13-6-5-7-14(9-13)10-16(19)17-11-15(18)8-12(2)3/h5-7,9,12,15,18H,4,8,10-11H2,1-3H3,(H,17,19). The highest BCUT2D eigenvalue weighted by molar-refractivity contribution is 5.78. The zero-order valence-corrected chi connectivity index (χ0v) is 12.1. The van der Waals surface area contributed by atoms with Crippen molar-refractivity contribution in [3.8, 4) is 0 Å². The minimum absolute atomic E-state index is 0.0314. The molecule has 3 heteroatoms. The van der Waals surface area contributed by atoms with Gasteiger partial charge in [0, 0.05) is 6.54 Å². The van der Waals surface area contributed by atoms with Crippen LogP contribution in [0.4, 0.5) is 0 Å². The minimum Gasteiger partial charge on any atom is -0.391 e. The Morgan fingerprint density at radius 1 is 1.32 bits per heavy atom. The Morgan fingerprint density at radius 3 is 2.63 bits per heavy atom. The van der Waals surface area contributed by atoms with Gasteiger partial charge in [-0.2, -0.15) is 0 Å². The molecule has 0 radical (unpaired) electrons. The fraction of sp³-hybridized carbons (Fsp3) is 0.562. The summed E-state index contributed by atoms with van der Waals surface area (Å²) < 4.78 is 0. The first kappa shape index (κ1) is 15.7. The Labute approximate surface area is 116 Å². The third-order valence-corrected chi connectivity index (χ3v) is 3.04. The monoisotopic (exact) mass is 263 g/mol. The summed E-state index contributed by atoms with van der Waals surface area (Å²) in [5, 5.41) is 12.5. The van der Waals surface area contributed by atoms with Crippen molar-refractivity contribution in [2.24, 2.45) is 5.92 Å². The van der Waals surface area contributed by atoms with E-state index in [2.05, 4.69) is 38.2 Å². The molecule has 0 aromatic heterocycles. The van der Waals surface area contributed by atoms with Crippen LogP contribution < -0.4 is 5.32 Å². The molecule has 1 aromatic rings. The molecule has 1 aromatic carbocycles. The lowest BCUT2D eigenvalue weighted by Gasteiger charge is -2.14. The van der Waals surface area contributed by atoms with E-state index in [9.17, 15) is 9.90 Å². The van der Waals surface area contributed by atoms with Crippen LogP contribution >= 0.6 is 0 Å². The SMILES string of the molecule is CCc1cccc(CC(=O)NCC(O)CC(C)C)c1. The van der Waals surface area contributed by atoms with Gasteiger partial charge in [0.15, 0.2) is 0 Å². The van der Waals surface area contributed by atoms with E-state index in [1.807, 2.05) is 12.1 Å². The first-order valence-corrected chi connectivity index (χ1v) is 7.03. The van der Waals surface area contributed by atoms with Crippen LogP contribution in [0.15, 0.2) is 24.3 Å². The molecule has 0 spiro atoms. The first-order chi connectivity index (χ1) is 9.01. The minimum atomic E-state index is -0.453. The van der Waals surface area contributed by atoms with Gasteiger partial charge < -0.3 is 10.4 Å². The molecule has 0 aliphatic heterocycles. The van der Waals surface area contributed by atoms with Crippen molar-refractivity contribution in [1.29, 1.82) is 0 Å². The molecular weight excluding hydrogens is 238 g/mol. The van der Waals surface area contributed by atoms with Gasteiger partial charge in [-0.15, -0.1) is 0 Å². The second-order valence-electron chi connectivity index (χ2n) is 5.44. The number of benzene rings is 1. The van der Waals surface area contributed by atoms with E-state index in [0.717, 1.165) is 12.0 Å². The van der Waals surface area contributed by atoms with E-state index in [-0.39, 0.29) is 5.91 Å². The maximum atomic E-state index is 11.8. The highest BCUT2D eigenvalue weighted by Crippen LogP contribution is 2.07. The quantitative estimate of drug-likeness (QED) is 0.793. The highest BCUT2D eigenvalue weighted by Gasteiger charge is 2.09. The molecule has 0 saturated heterocycles. The van der Waals surface area contributed by atoms with Gasteiger partial charge in [0.25, 0.3) is 0 Å². The van der Waals surface area contributed by atoms with Gasteiger partial charge >= 0.3 is 0 Å². The highest BCUT2D eigenvalue weighted by atomic mass is 16.3. The van der Waals surface area contributed by atoms with Gasteiger partial charge in [0.05, 0.1) is 12.5 Å². The number of carbonyl (C=O) groups excluding carboxylic acids is 1. The lowest BCUT2D eigenvalue weighted by atomic mass is 10.1. The van der Waals surface area contributed by atoms with Crippen LogP contribution in [0, 0.1) is 5.92 Å². The maximum Gasteiger partial charge on any atom is 0.224 e. The van der Waals surface area contributed by atoms with Crippen molar-refractivity contribution in [3.63, 3.8) is 0 Å². The van der Waals surface area contributed by atoms with Crippen molar-refractivity contribution in [3.05, 3.63) is 35.4 Å². The van der Waals surface area contributed by atoms with E-state index >= 15 is 0 Å². The number of hydrogen-bond donors (Lipinski definition) is 2. The molecule has 3 nitrogen and oxygen atoms in total. The van der Waals surface area contributed by atoms with Crippen LogP contribution in [-0.4, -0.2) is 23.7 Å². The van der Waals surface area contributed by atoms with Crippen LogP contribution in [0.3, 0.4) is 0 Å². The van der Waals surface area contributed by atoms with Gasteiger partial charge in [-0.3, -0.25) is 4.79 Å². The Hall–Kier alpha value is -1.35. The fourth-order valence-electron chi connectivity index (χ4n) is 2.07. The van der Waals surface area contributed by atoms with Crippen molar-refractivity contribution in [1.82, 2.24) is 5.32 Å². The lowest BCUT2D eigenvalue weighted by Crippen LogP contribution is -2.33. The van der Waals surface area contributed by atoms with Gasteiger partial charge in [0.2, 0.25) is 5.91 Å². The summed E-state index contributed by atoms with van der Waals surface area (Å²) in [4.78, 5) is 11.8. The number of nitrogens with one attached hydrogen (secondary N) is 1. The van der Waals surface area contributed by atoms with E-state index in [1.165, 1.54) is 5.56 Å². The van der Waals surface area contributed by atoms with E-state index in [0.29, 0.717) is 25.3 Å². The molecule has 0 fully saturated rings. The van der Waals surface area contributed by atoms with Crippen LogP contribution in [-0.2, 0) is 17.6 Å². The summed E-state index contributed by atoms with van der Waals surface area (Å²) in [6.45, 7) is 6.55.